The monoisotopic (exact) mass is 593 g/mol. The van der Waals surface area contributed by atoms with Crippen LogP contribution in [0.4, 0.5) is 28.4 Å². The van der Waals surface area contributed by atoms with Gasteiger partial charge in [-0.2, -0.15) is 0 Å². The number of nitrogens with zero attached hydrogens (tertiary/aromatic N) is 4. The highest BCUT2D eigenvalue weighted by atomic mass is 15.8. The second-order valence-electron chi connectivity index (χ2n) is 13.8. The van der Waals surface area contributed by atoms with Crippen molar-refractivity contribution in [2.45, 2.75) is 59.5 Å². The maximum Gasteiger partial charge on any atom is 0.353 e. The highest BCUT2D eigenvalue weighted by Gasteiger charge is 2.71. The maximum absolute atomic E-state index is 2.73. The first-order valence-electron chi connectivity index (χ1n) is 16.1. The molecule has 228 valence electrons. The second kappa shape index (κ2) is 10.3. The molecule has 0 aliphatic carbocycles. The Morgan fingerprint density at radius 2 is 1.22 bits per heavy atom. The molecule has 2 atom stereocenters. The van der Waals surface area contributed by atoms with Gasteiger partial charge >= 0.3 is 5.91 Å². The molecule has 0 aromatic heterocycles. The predicted octanol–water partition coefficient (Wildman–Crippen LogP) is 9.71. The molecule has 0 fully saturated rings. The number of para-hydroxylation sites is 4. The Bertz CT molecular complexity index is 1880. The summed E-state index contributed by atoms with van der Waals surface area (Å²) in [6.45, 7) is 14.7. The van der Waals surface area contributed by atoms with Crippen LogP contribution in [0.1, 0.15) is 47.2 Å². The third-order valence-electron chi connectivity index (χ3n) is 10.4. The van der Waals surface area contributed by atoms with Crippen molar-refractivity contribution in [1.29, 1.82) is 0 Å². The van der Waals surface area contributed by atoms with E-state index in [-0.39, 0.29) is 5.54 Å². The predicted molar refractivity (Wildman–Crippen MR) is 191 cm³/mol. The summed E-state index contributed by atoms with van der Waals surface area (Å²) in [6.07, 6.45) is 0. The molecule has 0 saturated heterocycles. The van der Waals surface area contributed by atoms with Crippen molar-refractivity contribution in [3.8, 4) is 0 Å². The molecule has 0 saturated carbocycles. The summed E-state index contributed by atoms with van der Waals surface area (Å²) in [5.74, 6) is -0.759. The van der Waals surface area contributed by atoms with Crippen molar-refractivity contribution in [3.05, 3.63) is 149 Å². The standard InChI is InChI=1S/C41H45N4/c1-29-26-32(4)38-33(27-29)28-45(8,39-30(2)18-17-19-31(39)3)41(42(38)7)43(34-20-11-9-12-21-34)37-25-16-15-24-36(37)40(5,6)44(41)35-22-13-10-14-23-35/h9-27H,28H2,1-8H3/q+1/t41?,45-/m1/s1. The van der Waals surface area contributed by atoms with E-state index in [1.54, 1.807) is 0 Å². The highest BCUT2D eigenvalue weighted by molar-refractivity contribution is 5.84. The van der Waals surface area contributed by atoms with Gasteiger partial charge < -0.3 is 0 Å². The Morgan fingerprint density at radius 1 is 0.644 bits per heavy atom. The second-order valence-corrected chi connectivity index (χ2v) is 13.8. The topological polar surface area (TPSA) is 9.72 Å². The van der Waals surface area contributed by atoms with E-state index in [4.69, 9.17) is 0 Å². The van der Waals surface area contributed by atoms with Crippen LogP contribution >= 0.6 is 0 Å². The van der Waals surface area contributed by atoms with Crippen molar-refractivity contribution in [1.82, 2.24) is 4.48 Å². The maximum atomic E-state index is 2.73. The Labute approximate surface area is 269 Å². The number of anilines is 4. The summed E-state index contributed by atoms with van der Waals surface area (Å²) in [5.41, 5.74) is 13.7. The van der Waals surface area contributed by atoms with Crippen LogP contribution in [0.3, 0.4) is 0 Å². The van der Waals surface area contributed by atoms with Gasteiger partial charge in [-0.05, 0) is 83.5 Å². The molecule has 45 heavy (non-hydrogen) atoms. The number of hydrogen-bond donors (Lipinski definition) is 0. The van der Waals surface area contributed by atoms with Gasteiger partial charge in [0.1, 0.15) is 12.2 Å². The quantitative estimate of drug-likeness (QED) is 0.193. The van der Waals surface area contributed by atoms with E-state index >= 15 is 0 Å². The molecule has 7 rings (SSSR count). The van der Waals surface area contributed by atoms with Gasteiger partial charge in [0.25, 0.3) is 0 Å². The minimum absolute atomic E-state index is 0.385. The van der Waals surface area contributed by atoms with Crippen LogP contribution in [0.5, 0.6) is 0 Å². The van der Waals surface area contributed by atoms with E-state index < -0.39 is 5.91 Å². The summed E-state index contributed by atoms with van der Waals surface area (Å²) in [7, 11) is 4.81. The molecule has 1 unspecified atom stereocenters. The molecule has 2 heterocycles. The number of quaternary nitrogens is 1. The molecule has 5 aromatic rings. The average Bonchev–Trinajstić information content (AvgIpc) is 3.00. The number of hydrogen-bond acceptors (Lipinski definition) is 3. The van der Waals surface area contributed by atoms with E-state index in [9.17, 15) is 0 Å². The van der Waals surface area contributed by atoms with Crippen molar-refractivity contribution >= 4 is 28.4 Å². The lowest BCUT2D eigenvalue weighted by atomic mass is 9.82. The van der Waals surface area contributed by atoms with Gasteiger partial charge in [0.2, 0.25) is 0 Å². The zero-order valence-corrected chi connectivity index (χ0v) is 28.0. The lowest BCUT2D eigenvalue weighted by Gasteiger charge is -2.70. The largest absolute Gasteiger partial charge is 0.353 e. The normalized spacial score (nSPS) is 21.9. The highest BCUT2D eigenvalue weighted by Crippen LogP contribution is 2.60. The van der Waals surface area contributed by atoms with E-state index in [1.807, 2.05) is 0 Å². The van der Waals surface area contributed by atoms with E-state index in [0.717, 1.165) is 12.2 Å². The SMILES string of the molecule is Cc1cc(C)c2c(c1)C[N@+](C)(c1c(C)cccc1C)C1(N2C)N(c2ccccc2)c2ccccc2C(C)(C)N1c1ccccc1. The third-order valence-corrected chi connectivity index (χ3v) is 10.4. The molecule has 5 aromatic carbocycles. The minimum atomic E-state index is -0.759. The van der Waals surface area contributed by atoms with Crippen LogP contribution in [0.25, 0.3) is 0 Å². The Hall–Kier alpha value is -4.54. The average molecular weight is 594 g/mol. The first-order valence-corrected chi connectivity index (χ1v) is 16.1. The molecule has 0 bridgehead atoms. The molecule has 0 amide bonds. The van der Waals surface area contributed by atoms with Crippen LogP contribution in [0.2, 0.25) is 0 Å². The molecule has 2 aliphatic heterocycles. The van der Waals surface area contributed by atoms with Crippen LogP contribution in [-0.4, -0.2) is 20.0 Å². The summed E-state index contributed by atoms with van der Waals surface area (Å²) < 4.78 is 0.624. The van der Waals surface area contributed by atoms with Gasteiger partial charge in [-0.25, -0.2) is 4.48 Å². The Balaban J connectivity index is 1.75. The van der Waals surface area contributed by atoms with Gasteiger partial charge in [0.05, 0.1) is 29.6 Å². The minimum Gasteiger partial charge on any atom is -0.284 e. The van der Waals surface area contributed by atoms with Gasteiger partial charge in [-0.3, -0.25) is 14.7 Å². The van der Waals surface area contributed by atoms with Crippen LogP contribution in [0.15, 0.2) is 115 Å². The fourth-order valence-corrected chi connectivity index (χ4v) is 9.04. The Kier molecular flexibility index (Phi) is 6.65. The zero-order chi connectivity index (χ0) is 31.7. The molecule has 0 N–H and O–H groups in total. The number of aryl methyl sites for hydroxylation is 4. The van der Waals surface area contributed by atoms with Crippen molar-refractivity contribution < 1.29 is 0 Å². The molecular weight excluding hydrogens is 548 g/mol. The van der Waals surface area contributed by atoms with Crippen molar-refractivity contribution in [2.24, 2.45) is 0 Å². The summed E-state index contributed by atoms with van der Waals surface area (Å²) >= 11 is 0. The molecule has 1 spiro atoms. The lowest BCUT2D eigenvalue weighted by molar-refractivity contribution is 0.0728. The smallest absolute Gasteiger partial charge is 0.284 e. The number of benzene rings is 5. The Morgan fingerprint density at radius 3 is 1.87 bits per heavy atom. The van der Waals surface area contributed by atoms with E-state index in [1.165, 1.54) is 56.1 Å². The molecule has 2 aliphatic rings. The van der Waals surface area contributed by atoms with Crippen molar-refractivity contribution in [3.63, 3.8) is 0 Å². The van der Waals surface area contributed by atoms with Gasteiger partial charge in [0, 0.05) is 35.0 Å². The molecule has 4 nitrogen and oxygen atoms in total. The molecule has 4 heteroatoms. The van der Waals surface area contributed by atoms with Crippen molar-refractivity contribution in [2.75, 3.05) is 28.8 Å². The zero-order valence-electron chi connectivity index (χ0n) is 28.0. The first-order chi connectivity index (χ1) is 21.5. The third kappa shape index (κ3) is 3.95. The van der Waals surface area contributed by atoms with Crippen LogP contribution < -0.4 is 19.2 Å². The van der Waals surface area contributed by atoms with Crippen LogP contribution in [0, 0.1) is 27.7 Å². The van der Waals surface area contributed by atoms with Gasteiger partial charge in [-0.15, -0.1) is 0 Å². The fraction of sp³-hybridized carbons (Fsp3) is 0.268. The lowest BCUT2D eigenvalue weighted by Crippen LogP contribution is -2.89. The van der Waals surface area contributed by atoms with Crippen LogP contribution in [-0.2, 0) is 12.1 Å². The number of rotatable bonds is 3. The first kappa shape index (κ1) is 29.2. The molecular formula is C41H45N4+. The summed E-state index contributed by atoms with van der Waals surface area (Å²) in [6, 6.07) is 42.7. The van der Waals surface area contributed by atoms with E-state index in [2.05, 4.69) is 186 Å². The summed E-state index contributed by atoms with van der Waals surface area (Å²) in [4.78, 5) is 7.99. The number of fused-ring (bicyclic) bond motifs is 2. The van der Waals surface area contributed by atoms with E-state index in [0.29, 0.717) is 4.48 Å². The molecule has 0 radical (unpaired) electrons. The van der Waals surface area contributed by atoms with Gasteiger partial charge in [-0.1, -0.05) is 84.4 Å². The fourth-order valence-electron chi connectivity index (χ4n) is 9.04. The summed E-state index contributed by atoms with van der Waals surface area (Å²) in [5, 5.41) is 0. The van der Waals surface area contributed by atoms with Gasteiger partial charge in [0.15, 0.2) is 0 Å².